The largest absolute Gasteiger partial charge is 0.281 e. The molecule has 0 fully saturated rings. The summed E-state index contributed by atoms with van der Waals surface area (Å²) in [5, 5.41) is 9.77. The van der Waals surface area contributed by atoms with E-state index >= 15 is 0 Å². The van der Waals surface area contributed by atoms with Gasteiger partial charge in [-0.3, -0.25) is 4.72 Å². The number of nitrogens with two attached hydrogens (primary N) is 1. The number of anilines is 1. The predicted molar refractivity (Wildman–Crippen MR) is 123 cm³/mol. The van der Waals surface area contributed by atoms with E-state index in [0.717, 1.165) is 0 Å². The quantitative estimate of drug-likeness (QED) is 0.428. The third-order valence-electron chi connectivity index (χ3n) is 4.54. The first-order chi connectivity index (χ1) is 15.1. The Labute approximate surface area is 190 Å². The van der Waals surface area contributed by atoms with Gasteiger partial charge in [-0.05, 0) is 48.5 Å². The molecule has 0 radical (unpaired) electrons. The molecule has 0 saturated heterocycles. The van der Waals surface area contributed by atoms with Crippen LogP contribution in [0.4, 0.5) is 5.69 Å². The third-order valence-corrected chi connectivity index (χ3v) is 6.97. The third kappa shape index (κ3) is 4.68. The first kappa shape index (κ1) is 22.0. The van der Waals surface area contributed by atoms with Crippen LogP contribution in [-0.4, -0.2) is 26.6 Å². The van der Waals surface area contributed by atoms with Crippen LogP contribution in [0.25, 0.3) is 16.9 Å². The van der Waals surface area contributed by atoms with Crippen LogP contribution >= 0.6 is 11.6 Å². The molecule has 0 spiro atoms. The highest BCUT2D eigenvalue weighted by Crippen LogP contribution is 2.28. The Morgan fingerprint density at radius 1 is 0.844 bits per heavy atom. The molecule has 0 amide bonds. The lowest BCUT2D eigenvalue weighted by Crippen LogP contribution is -2.14. The molecule has 3 N–H and O–H groups in total. The Kier molecular flexibility index (Phi) is 5.78. The van der Waals surface area contributed by atoms with Gasteiger partial charge in [-0.25, -0.2) is 18.2 Å². The summed E-state index contributed by atoms with van der Waals surface area (Å²) in [7, 11) is -7.87. The van der Waals surface area contributed by atoms with E-state index in [2.05, 4.69) is 9.82 Å². The fourth-order valence-electron chi connectivity index (χ4n) is 3.00. The zero-order chi connectivity index (χ0) is 22.9. The topological polar surface area (TPSA) is 124 Å². The van der Waals surface area contributed by atoms with Crippen molar-refractivity contribution in [1.82, 2.24) is 9.78 Å². The SMILES string of the molecule is NS(=O)(=O)c1ccc(-n2nc(S(=O)(=O)Nc3ccccc3)cc2-c2ccc(Cl)cc2)cc1. The predicted octanol–water partition coefficient (Wildman–Crippen LogP) is 3.64. The highest BCUT2D eigenvalue weighted by molar-refractivity contribution is 7.92. The molecule has 32 heavy (non-hydrogen) atoms. The smallest absolute Gasteiger partial charge is 0.278 e. The van der Waals surface area contributed by atoms with Crippen molar-refractivity contribution in [3.63, 3.8) is 0 Å². The Bertz CT molecular complexity index is 1470. The second-order valence-corrected chi connectivity index (χ2v) is 10.4. The van der Waals surface area contributed by atoms with Crippen molar-refractivity contribution in [3.05, 3.63) is 90.0 Å². The van der Waals surface area contributed by atoms with E-state index in [1.807, 2.05) is 0 Å². The zero-order valence-electron chi connectivity index (χ0n) is 16.4. The van der Waals surface area contributed by atoms with E-state index in [0.29, 0.717) is 27.7 Å². The second kappa shape index (κ2) is 8.40. The van der Waals surface area contributed by atoms with Crippen molar-refractivity contribution in [3.8, 4) is 16.9 Å². The number of halogens is 1. The molecule has 164 valence electrons. The van der Waals surface area contributed by atoms with Gasteiger partial charge in [0.25, 0.3) is 10.0 Å². The average Bonchev–Trinajstić information content (AvgIpc) is 3.21. The fourth-order valence-corrected chi connectivity index (χ4v) is 4.65. The normalized spacial score (nSPS) is 11.9. The number of aromatic nitrogens is 2. The van der Waals surface area contributed by atoms with Crippen LogP contribution in [0.5, 0.6) is 0 Å². The summed E-state index contributed by atoms with van der Waals surface area (Å²) in [5.41, 5.74) is 1.98. The number of benzene rings is 3. The molecule has 11 heteroatoms. The standard InChI is InChI=1S/C21H17ClN4O4S2/c22-16-8-6-15(7-9-16)20-14-21(32(29,30)25-17-4-2-1-3-5-17)24-26(20)18-10-12-19(13-11-18)31(23,27)28/h1-14,25H,(H2,23,27,28). The minimum atomic E-state index is -3.99. The first-order valence-electron chi connectivity index (χ1n) is 9.21. The molecule has 0 aliphatic carbocycles. The minimum Gasteiger partial charge on any atom is -0.278 e. The van der Waals surface area contributed by atoms with Gasteiger partial charge in [-0.1, -0.05) is 41.9 Å². The van der Waals surface area contributed by atoms with E-state index < -0.39 is 20.0 Å². The summed E-state index contributed by atoms with van der Waals surface area (Å²) in [6, 6.07) is 22.3. The summed E-state index contributed by atoms with van der Waals surface area (Å²) in [6.07, 6.45) is 0. The lowest BCUT2D eigenvalue weighted by Gasteiger charge is -2.08. The summed E-state index contributed by atoms with van der Waals surface area (Å²) in [5.74, 6) is 0. The van der Waals surface area contributed by atoms with Crippen molar-refractivity contribution in [2.75, 3.05) is 4.72 Å². The Morgan fingerprint density at radius 3 is 2.06 bits per heavy atom. The maximum Gasteiger partial charge on any atom is 0.281 e. The maximum absolute atomic E-state index is 13.0. The van der Waals surface area contributed by atoms with Crippen molar-refractivity contribution in [2.45, 2.75) is 9.92 Å². The molecular formula is C21H17ClN4O4S2. The van der Waals surface area contributed by atoms with Crippen LogP contribution in [0.15, 0.2) is 94.9 Å². The van der Waals surface area contributed by atoms with Gasteiger partial charge in [0.2, 0.25) is 10.0 Å². The monoisotopic (exact) mass is 488 g/mol. The van der Waals surface area contributed by atoms with E-state index in [4.69, 9.17) is 16.7 Å². The zero-order valence-corrected chi connectivity index (χ0v) is 18.8. The van der Waals surface area contributed by atoms with E-state index in [1.165, 1.54) is 35.0 Å². The van der Waals surface area contributed by atoms with Crippen molar-refractivity contribution >= 4 is 37.3 Å². The number of sulfonamides is 2. The summed E-state index contributed by atoms with van der Waals surface area (Å²) >= 11 is 5.99. The molecule has 0 aliphatic heterocycles. The van der Waals surface area contributed by atoms with Gasteiger partial charge in [0.05, 0.1) is 16.3 Å². The van der Waals surface area contributed by atoms with Gasteiger partial charge in [0.15, 0.2) is 5.03 Å². The van der Waals surface area contributed by atoms with Gasteiger partial charge in [-0.2, -0.15) is 13.5 Å². The number of primary sulfonamides is 1. The molecule has 0 aliphatic rings. The van der Waals surface area contributed by atoms with Crippen molar-refractivity contribution in [1.29, 1.82) is 0 Å². The van der Waals surface area contributed by atoms with Crippen LogP contribution in [0.2, 0.25) is 5.02 Å². The van der Waals surface area contributed by atoms with Gasteiger partial charge in [-0.15, -0.1) is 0 Å². The Morgan fingerprint density at radius 2 is 1.47 bits per heavy atom. The molecule has 1 heterocycles. The van der Waals surface area contributed by atoms with Crippen LogP contribution in [-0.2, 0) is 20.0 Å². The molecule has 4 aromatic rings. The fraction of sp³-hybridized carbons (Fsp3) is 0. The van der Waals surface area contributed by atoms with Crippen LogP contribution in [0, 0.1) is 0 Å². The number of para-hydroxylation sites is 1. The molecule has 0 unspecified atom stereocenters. The van der Waals surface area contributed by atoms with Crippen molar-refractivity contribution < 1.29 is 16.8 Å². The number of hydrogen-bond donors (Lipinski definition) is 2. The van der Waals surface area contributed by atoms with E-state index in [9.17, 15) is 16.8 Å². The van der Waals surface area contributed by atoms with Crippen LogP contribution in [0.3, 0.4) is 0 Å². The lowest BCUT2D eigenvalue weighted by molar-refractivity contribution is 0.595. The average molecular weight is 489 g/mol. The Balaban J connectivity index is 1.83. The van der Waals surface area contributed by atoms with Crippen LogP contribution < -0.4 is 9.86 Å². The maximum atomic E-state index is 13.0. The van der Waals surface area contributed by atoms with Gasteiger partial charge in [0.1, 0.15) is 0 Å². The highest BCUT2D eigenvalue weighted by Gasteiger charge is 2.22. The number of rotatable bonds is 6. The second-order valence-electron chi connectivity index (χ2n) is 6.80. The van der Waals surface area contributed by atoms with Gasteiger partial charge < -0.3 is 0 Å². The number of hydrogen-bond acceptors (Lipinski definition) is 5. The Hall–Kier alpha value is -3.18. The van der Waals surface area contributed by atoms with Crippen molar-refractivity contribution in [2.24, 2.45) is 5.14 Å². The highest BCUT2D eigenvalue weighted by atomic mass is 35.5. The molecule has 8 nitrogen and oxygen atoms in total. The van der Waals surface area contributed by atoms with Crippen LogP contribution in [0.1, 0.15) is 0 Å². The molecule has 3 aromatic carbocycles. The number of nitrogens with zero attached hydrogens (tertiary/aromatic N) is 2. The molecular weight excluding hydrogens is 472 g/mol. The number of nitrogens with one attached hydrogen (secondary N) is 1. The summed E-state index contributed by atoms with van der Waals surface area (Å²) in [4.78, 5) is -0.0694. The molecule has 4 rings (SSSR count). The molecule has 0 saturated carbocycles. The first-order valence-corrected chi connectivity index (χ1v) is 12.6. The van der Waals surface area contributed by atoms with E-state index in [1.54, 1.807) is 54.6 Å². The van der Waals surface area contributed by atoms with Gasteiger partial charge >= 0.3 is 0 Å². The molecule has 0 bridgehead atoms. The minimum absolute atomic E-state index is 0.0694. The summed E-state index contributed by atoms with van der Waals surface area (Å²) < 4.78 is 53.0. The molecule has 1 aromatic heterocycles. The summed E-state index contributed by atoms with van der Waals surface area (Å²) in [6.45, 7) is 0. The van der Waals surface area contributed by atoms with E-state index in [-0.39, 0.29) is 9.92 Å². The van der Waals surface area contributed by atoms with Gasteiger partial charge in [0, 0.05) is 22.3 Å². The lowest BCUT2D eigenvalue weighted by atomic mass is 10.1. The molecule has 0 atom stereocenters.